The zero-order valence-corrected chi connectivity index (χ0v) is 27.5. The van der Waals surface area contributed by atoms with Crippen molar-refractivity contribution in [3.63, 3.8) is 0 Å². The van der Waals surface area contributed by atoms with Gasteiger partial charge in [-0.15, -0.1) is 0 Å². The highest BCUT2D eigenvalue weighted by Crippen LogP contribution is 2.30. The maximum absolute atomic E-state index is 13.6. The van der Waals surface area contributed by atoms with Crippen molar-refractivity contribution in [2.75, 3.05) is 6.61 Å². The third kappa shape index (κ3) is 8.50. The third-order valence-electron chi connectivity index (χ3n) is 6.61. The summed E-state index contributed by atoms with van der Waals surface area (Å²) in [5, 5.41) is 7.99. The minimum absolute atomic E-state index is 0.0703. The van der Waals surface area contributed by atoms with Gasteiger partial charge in [-0.05, 0) is 96.1 Å². The molecule has 0 spiro atoms. The number of hydrogen-bond acceptors (Lipinski definition) is 7. The van der Waals surface area contributed by atoms with Crippen molar-refractivity contribution >= 4 is 29.1 Å². The van der Waals surface area contributed by atoms with Crippen LogP contribution in [0.4, 0.5) is 0 Å². The summed E-state index contributed by atoms with van der Waals surface area (Å²) < 4.78 is 19.0. The van der Waals surface area contributed by atoms with Gasteiger partial charge in [-0.2, -0.15) is 5.10 Å². The molecule has 238 valence electrons. The smallest absolute Gasteiger partial charge is 0.331 e. The van der Waals surface area contributed by atoms with Crippen LogP contribution in [0.1, 0.15) is 52.0 Å². The minimum Gasteiger partial charge on any atom is -0.458 e. The summed E-state index contributed by atoms with van der Waals surface area (Å²) in [5.74, 6) is 0.233. The van der Waals surface area contributed by atoms with E-state index in [2.05, 4.69) is 10.4 Å². The lowest BCUT2D eigenvalue weighted by Crippen LogP contribution is -2.48. The number of rotatable bonds is 9. The summed E-state index contributed by atoms with van der Waals surface area (Å²) in [4.78, 5) is 31.4. The lowest BCUT2D eigenvalue weighted by Gasteiger charge is -2.27. The van der Waals surface area contributed by atoms with Gasteiger partial charge in [-0.25, -0.2) is 14.3 Å². The quantitative estimate of drug-likeness (QED) is 0.164. The molecule has 46 heavy (non-hydrogen) atoms. The van der Waals surface area contributed by atoms with E-state index in [9.17, 15) is 9.59 Å². The van der Waals surface area contributed by atoms with Gasteiger partial charge in [-0.1, -0.05) is 41.9 Å². The minimum atomic E-state index is -1.05. The Hall–Kier alpha value is -4.73. The van der Waals surface area contributed by atoms with Crippen LogP contribution in [0.15, 0.2) is 91.0 Å². The van der Waals surface area contributed by atoms with Crippen molar-refractivity contribution in [3.8, 4) is 34.0 Å². The number of carbonyl (C=O) groups excluding carboxylic acids is 2. The standard InChI is InChI=1S/C36H37ClN4O5/c1-35(2,3)44-22-30(34(43)46-36(4,5)6)39-33(42)29-21-32-38-28(23-12-16-25(37)17-13-23)20-31(41(32)40-29)24-14-18-27(19-15-24)45-26-10-8-7-9-11-26/h7-21,30H,22H2,1-6H3,(H,39,42)/t30-/m0/s1. The molecule has 2 aromatic heterocycles. The summed E-state index contributed by atoms with van der Waals surface area (Å²) in [5.41, 5.74) is 2.26. The fourth-order valence-electron chi connectivity index (χ4n) is 4.49. The van der Waals surface area contributed by atoms with Gasteiger partial charge in [0.05, 0.1) is 23.6 Å². The third-order valence-corrected chi connectivity index (χ3v) is 6.86. The van der Waals surface area contributed by atoms with Crippen LogP contribution >= 0.6 is 11.6 Å². The zero-order valence-electron chi connectivity index (χ0n) is 26.7. The number of nitrogens with zero attached hydrogens (tertiary/aromatic N) is 3. The number of hydrogen-bond donors (Lipinski definition) is 1. The van der Waals surface area contributed by atoms with E-state index in [0.29, 0.717) is 27.8 Å². The summed E-state index contributed by atoms with van der Waals surface area (Å²) in [6.45, 7) is 10.8. The first-order valence-corrected chi connectivity index (χ1v) is 15.3. The van der Waals surface area contributed by atoms with Crippen LogP contribution in [0, 0.1) is 0 Å². The number of carbonyl (C=O) groups is 2. The van der Waals surface area contributed by atoms with Crippen molar-refractivity contribution < 1.29 is 23.8 Å². The molecule has 0 aliphatic rings. The van der Waals surface area contributed by atoms with Crippen molar-refractivity contribution in [1.82, 2.24) is 19.9 Å². The molecule has 3 aromatic carbocycles. The fraction of sp³-hybridized carbons (Fsp3) is 0.278. The van der Waals surface area contributed by atoms with Crippen molar-refractivity contribution in [2.24, 2.45) is 0 Å². The highest BCUT2D eigenvalue weighted by molar-refractivity contribution is 6.30. The van der Waals surface area contributed by atoms with Gasteiger partial charge in [0.25, 0.3) is 5.91 Å². The highest BCUT2D eigenvalue weighted by Gasteiger charge is 2.30. The molecule has 9 nitrogen and oxygen atoms in total. The maximum atomic E-state index is 13.6. The molecule has 5 aromatic rings. The second kappa shape index (κ2) is 13.3. The predicted octanol–water partition coefficient (Wildman–Crippen LogP) is 7.76. The second-order valence-electron chi connectivity index (χ2n) is 12.8. The Morgan fingerprint density at radius 2 is 1.46 bits per heavy atom. The van der Waals surface area contributed by atoms with Gasteiger partial charge in [0.2, 0.25) is 0 Å². The lowest BCUT2D eigenvalue weighted by atomic mass is 10.1. The van der Waals surface area contributed by atoms with Gasteiger partial charge in [0.15, 0.2) is 17.4 Å². The van der Waals surface area contributed by atoms with Gasteiger partial charge < -0.3 is 19.5 Å². The van der Waals surface area contributed by atoms with Crippen LogP contribution in [0.25, 0.3) is 28.2 Å². The van der Waals surface area contributed by atoms with E-state index in [0.717, 1.165) is 16.9 Å². The van der Waals surface area contributed by atoms with Gasteiger partial charge >= 0.3 is 5.97 Å². The molecule has 1 atom stereocenters. The molecule has 1 N–H and O–H groups in total. The SMILES string of the molecule is CC(C)(C)OC[C@H](NC(=O)c1cc2nc(-c3ccc(Cl)cc3)cc(-c3ccc(Oc4ccccc4)cc3)n2n1)C(=O)OC(C)(C)C. The molecule has 0 aliphatic carbocycles. The maximum Gasteiger partial charge on any atom is 0.331 e. The van der Waals surface area contributed by atoms with E-state index in [1.807, 2.05) is 93.6 Å². The molecule has 0 bridgehead atoms. The van der Waals surface area contributed by atoms with E-state index >= 15 is 0 Å². The molecule has 1 amide bonds. The molecule has 2 heterocycles. The number of amides is 1. The second-order valence-corrected chi connectivity index (χ2v) is 13.2. The Kier molecular flexibility index (Phi) is 9.46. The zero-order chi connectivity index (χ0) is 33.1. The molecular weight excluding hydrogens is 604 g/mol. The summed E-state index contributed by atoms with van der Waals surface area (Å²) in [6.07, 6.45) is 0. The van der Waals surface area contributed by atoms with E-state index in [-0.39, 0.29) is 12.3 Å². The van der Waals surface area contributed by atoms with Crippen molar-refractivity contribution in [3.05, 3.63) is 102 Å². The van der Waals surface area contributed by atoms with E-state index < -0.39 is 29.1 Å². The predicted molar refractivity (Wildman–Crippen MR) is 178 cm³/mol. The molecule has 5 rings (SSSR count). The first-order valence-electron chi connectivity index (χ1n) is 14.9. The van der Waals surface area contributed by atoms with E-state index in [1.54, 1.807) is 43.5 Å². The molecule has 0 radical (unpaired) electrons. The lowest BCUT2D eigenvalue weighted by molar-refractivity contribution is -0.160. The van der Waals surface area contributed by atoms with E-state index in [1.165, 1.54) is 0 Å². The molecular formula is C36H37ClN4O5. The van der Waals surface area contributed by atoms with Gasteiger partial charge in [0.1, 0.15) is 17.1 Å². The Morgan fingerprint density at radius 1 is 0.826 bits per heavy atom. The Labute approximate surface area is 273 Å². The number of benzene rings is 3. The number of para-hydroxylation sites is 1. The molecule has 0 unspecified atom stereocenters. The summed E-state index contributed by atoms with van der Waals surface area (Å²) in [6, 6.07) is 26.9. The van der Waals surface area contributed by atoms with E-state index in [4.69, 9.17) is 30.8 Å². The van der Waals surface area contributed by atoms with Crippen molar-refractivity contribution in [1.29, 1.82) is 0 Å². The molecule has 0 saturated carbocycles. The average molecular weight is 641 g/mol. The van der Waals surface area contributed by atoms with Gasteiger partial charge in [0, 0.05) is 22.2 Å². The Morgan fingerprint density at radius 3 is 2.09 bits per heavy atom. The topological polar surface area (TPSA) is 104 Å². The number of fused-ring (bicyclic) bond motifs is 1. The monoisotopic (exact) mass is 640 g/mol. The fourth-order valence-corrected chi connectivity index (χ4v) is 4.61. The summed E-state index contributed by atoms with van der Waals surface area (Å²) >= 11 is 6.15. The van der Waals surface area contributed by atoms with Crippen LogP contribution in [-0.4, -0.2) is 50.3 Å². The first-order chi connectivity index (χ1) is 21.7. The van der Waals surface area contributed by atoms with Gasteiger partial charge in [-0.3, -0.25) is 4.79 Å². The Balaban J connectivity index is 1.50. The van der Waals surface area contributed by atoms with Crippen LogP contribution in [0.5, 0.6) is 11.5 Å². The first kappa shape index (κ1) is 32.7. The highest BCUT2D eigenvalue weighted by atomic mass is 35.5. The number of esters is 1. The molecule has 0 aliphatic heterocycles. The number of nitrogens with one attached hydrogen (secondary N) is 1. The molecule has 0 saturated heterocycles. The van der Waals surface area contributed by atoms with Crippen LogP contribution in [-0.2, 0) is 14.3 Å². The average Bonchev–Trinajstić information content (AvgIpc) is 3.43. The van der Waals surface area contributed by atoms with Crippen LogP contribution < -0.4 is 10.1 Å². The summed E-state index contributed by atoms with van der Waals surface area (Å²) in [7, 11) is 0. The molecule has 10 heteroatoms. The largest absolute Gasteiger partial charge is 0.458 e. The number of aromatic nitrogens is 3. The number of ether oxygens (including phenoxy) is 3. The van der Waals surface area contributed by atoms with Crippen LogP contribution in [0.2, 0.25) is 5.02 Å². The van der Waals surface area contributed by atoms with Crippen molar-refractivity contribution in [2.45, 2.75) is 58.8 Å². The molecule has 0 fully saturated rings. The Bertz CT molecular complexity index is 1820. The normalized spacial score (nSPS) is 12.5. The van der Waals surface area contributed by atoms with Crippen LogP contribution in [0.3, 0.4) is 0 Å². The number of halogens is 1.